The van der Waals surface area contributed by atoms with Crippen LogP contribution in [0.3, 0.4) is 0 Å². The van der Waals surface area contributed by atoms with Gasteiger partial charge in [-0.2, -0.15) is 13.2 Å². The van der Waals surface area contributed by atoms with E-state index in [1.165, 1.54) is 19.9 Å². The van der Waals surface area contributed by atoms with Crippen LogP contribution in [0.25, 0.3) is 59.8 Å². The maximum atomic E-state index is 13.6. The number of ketones is 1. The summed E-state index contributed by atoms with van der Waals surface area (Å²) in [5.74, 6) is 0.547. The van der Waals surface area contributed by atoms with Crippen LogP contribution in [0.15, 0.2) is 78.7 Å². The Morgan fingerprint density at radius 1 is 0.885 bits per heavy atom. The van der Waals surface area contributed by atoms with Gasteiger partial charge in [0.05, 0.1) is 11.2 Å². The summed E-state index contributed by atoms with van der Waals surface area (Å²) in [6.45, 7) is 12.7. The standard InChI is InChI=1S/C31H22F3N2.C13H24O2.Ir/c1-17-21-7-5-4-6-20(21)15-24-27-26-19(12-13-35-27)9-10-22-23-14-18(16-30(2,3)31(32,33)34)8-11-25(23)36(28(17)24)29(22)26;1-5-10(6-2)12(14)9-13(15)11(7-3)8-4;/h4-14H,16H2,1-3H3;9-11,14H,5-8H2,1-4H3;/q-1;;/b;12-9-;. The molecule has 0 bridgehead atoms. The smallest absolute Gasteiger partial charge is 0.394 e. The number of aliphatic hydroxyl groups excluding tert-OH is 1. The summed E-state index contributed by atoms with van der Waals surface area (Å²) < 4.78 is 43.2. The predicted octanol–water partition coefficient (Wildman–Crippen LogP) is 12.6. The number of rotatable bonds is 9. The fourth-order valence-electron chi connectivity index (χ4n) is 7.62. The van der Waals surface area contributed by atoms with Crippen LogP contribution >= 0.6 is 0 Å². The molecule has 0 amide bonds. The zero-order valence-corrected chi connectivity index (χ0v) is 33.2. The van der Waals surface area contributed by atoms with Crippen molar-refractivity contribution < 1.29 is 43.2 Å². The van der Waals surface area contributed by atoms with E-state index in [9.17, 15) is 23.1 Å². The SMILES string of the molecule is CCC(CC)C(=O)/C=C(\O)C(CC)CC.Cc1c2ccccc2[c-]c2c3nccc4ccc5c6cc(CC(C)(C)C(F)(F)F)ccc6n(c12)c5c43.[Ir]. The molecule has 0 aliphatic heterocycles. The van der Waals surface area contributed by atoms with Crippen molar-refractivity contribution in [2.75, 3.05) is 0 Å². The van der Waals surface area contributed by atoms with Crippen molar-refractivity contribution in [3.63, 3.8) is 0 Å². The van der Waals surface area contributed by atoms with Crippen LogP contribution in [0.2, 0.25) is 0 Å². The molecule has 3 heterocycles. The molecule has 0 unspecified atom stereocenters. The molecular formula is C44H46F3IrN2O2-. The number of hydrogen-bond acceptors (Lipinski definition) is 3. The molecule has 4 aromatic carbocycles. The summed E-state index contributed by atoms with van der Waals surface area (Å²) >= 11 is 0. The topological polar surface area (TPSA) is 54.6 Å². The number of carbonyl (C=O) groups excluding carboxylic acids is 1. The first-order valence-electron chi connectivity index (χ1n) is 18.1. The Morgan fingerprint density at radius 3 is 2.21 bits per heavy atom. The Labute approximate surface area is 316 Å². The Balaban J connectivity index is 0.000000280. The number of fused-ring (bicyclic) bond motifs is 7. The van der Waals surface area contributed by atoms with Crippen molar-refractivity contribution >= 4 is 65.6 Å². The zero-order chi connectivity index (χ0) is 36.8. The Morgan fingerprint density at radius 2 is 1.56 bits per heavy atom. The quantitative estimate of drug-likeness (QED) is 0.0517. The summed E-state index contributed by atoms with van der Waals surface area (Å²) in [6, 6.07) is 23.8. The van der Waals surface area contributed by atoms with Crippen LogP contribution in [-0.2, 0) is 31.3 Å². The van der Waals surface area contributed by atoms with E-state index >= 15 is 0 Å². The fourth-order valence-corrected chi connectivity index (χ4v) is 7.62. The number of pyridine rings is 2. The van der Waals surface area contributed by atoms with Crippen molar-refractivity contribution in [1.29, 1.82) is 0 Å². The summed E-state index contributed by atoms with van der Waals surface area (Å²) in [6.07, 6.45) is 2.39. The molecular weight excluding hydrogens is 838 g/mol. The van der Waals surface area contributed by atoms with Crippen LogP contribution in [0.1, 0.15) is 78.4 Å². The van der Waals surface area contributed by atoms with Crippen molar-refractivity contribution in [2.24, 2.45) is 17.3 Å². The number of benzene rings is 4. The monoisotopic (exact) mass is 884 g/mol. The second-order valence-corrected chi connectivity index (χ2v) is 14.5. The minimum Gasteiger partial charge on any atom is -0.512 e. The molecule has 7 aromatic rings. The maximum Gasteiger partial charge on any atom is 0.394 e. The number of aliphatic hydroxyl groups is 1. The van der Waals surface area contributed by atoms with Gasteiger partial charge in [0.25, 0.3) is 0 Å². The van der Waals surface area contributed by atoms with Crippen molar-refractivity contribution in [2.45, 2.75) is 86.7 Å². The minimum absolute atomic E-state index is 0. The minimum atomic E-state index is -4.28. The van der Waals surface area contributed by atoms with Crippen molar-refractivity contribution in [3.8, 4) is 0 Å². The molecule has 4 nitrogen and oxygen atoms in total. The number of nitrogens with zero attached hydrogens (tertiary/aromatic N) is 2. The van der Waals surface area contributed by atoms with E-state index < -0.39 is 11.6 Å². The van der Waals surface area contributed by atoms with E-state index in [1.54, 1.807) is 0 Å². The fraction of sp³-hybridized carbons (Fsp3) is 0.364. The van der Waals surface area contributed by atoms with E-state index in [4.69, 9.17) is 4.98 Å². The van der Waals surface area contributed by atoms with Crippen molar-refractivity contribution in [1.82, 2.24) is 9.38 Å². The van der Waals surface area contributed by atoms with E-state index in [2.05, 4.69) is 41.7 Å². The van der Waals surface area contributed by atoms with Gasteiger partial charge in [-0.1, -0.05) is 101 Å². The second-order valence-electron chi connectivity index (χ2n) is 14.5. The Hall–Kier alpha value is -4.00. The summed E-state index contributed by atoms with van der Waals surface area (Å²) in [7, 11) is 0. The molecule has 0 aliphatic carbocycles. The van der Waals surface area contributed by atoms with Gasteiger partial charge in [0, 0.05) is 71.5 Å². The van der Waals surface area contributed by atoms with E-state index in [0.29, 0.717) is 5.56 Å². The molecule has 275 valence electrons. The first-order chi connectivity index (χ1) is 24.3. The first-order valence-corrected chi connectivity index (χ1v) is 18.1. The molecule has 1 radical (unpaired) electrons. The van der Waals surface area contributed by atoms with Gasteiger partial charge < -0.3 is 9.51 Å². The van der Waals surface area contributed by atoms with Crippen LogP contribution < -0.4 is 0 Å². The average molecular weight is 884 g/mol. The molecule has 0 atom stereocenters. The van der Waals surface area contributed by atoms with Gasteiger partial charge in [0.2, 0.25) is 0 Å². The van der Waals surface area contributed by atoms with Gasteiger partial charge in [-0.05, 0) is 72.2 Å². The molecule has 0 aliphatic rings. The van der Waals surface area contributed by atoms with Gasteiger partial charge in [0.15, 0.2) is 5.78 Å². The normalized spacial score (nSPS) is 12.9. The summed E-state index contributed by atoms with van der Waals surface area (Å²) in [5.41, 5.74) is 3.97. The third-order valence-electron chi connectivity index (χ3n) is 10.9. The Bertz CT molecular complexity index is 2420. The molecule has 0 spiro atoms. The Kier molecular flexibility index (Phi) is 11.4. The first kappa shape index (κ1) is 39.2. The van der Waals surface area contributed by atoms with Crippen molar-refractivity contribution in [3.05, 3.63) is 95.9 Å². The molecule has 8 heteroatoms. The van der Waals surface area contributed by atoms with E-state index in [0.717, 1.165) is 91.0 Å². The third-order valence-corrected chi connectivity index (χ3v) is 10.9. The number of hydrogen-bond donors (Lipinski definition) is 1. The number of halogens is 3. The zero-order valence-electron chi connectivity index (χ0n) is 30.8. The number of aromatic nitrogens is 2. The number of aryl methyl sites for hydroxylation is 1. The number of alkyl halides is 3. The molecule has 0 saturated carbocycles. The van der Waals surface area contributed by atoms with Gasteiger partial charge in [-0.15, -0.1) is 17.5 Å². The third kappa shape index (κ3) is 6.80. The van der Waals surface area contributed by atoms with Gasteiger partial charge in [-0.3, -0.25) is 9.78 Å². The van der Waals surface area contributed by atoms with Crippen LogP contribution in [0.5, 0.6) is 0 Å². The molecule has 0 fully saturated rings. The predicted molar refractivity (Wildman–Crippen MR) is 205 cm³/mol. The molecule has 0 saturated heterocycles. The number of carbonyl (C=O) groups is 1. The van der Waals surface area contributed by atoms with E-state index in [-0.39, 0.29) is 49.9 Å². The average Bonchev–Trinajstić information content (AvgIpc) is 3.42. The van der Waals surface area contributed by atoms with Gasteiger partial charge in [-0.25, -0.2) is 0 Å². The van der Waals surface area contributed by atoms with Crippen LogP contribution in [0.4, 0.5) is 13.2 Å². The van der Waals surface area contributed by atoms with Crippen LogP contribution in [0, 0.1) is 30.2 Å². The van der Waals surface area contributed by atoms with Gasteiger partial charge in [0.1, 0.15) is 0 Å². The second kappa shape index (κ2) is 15.2. The molecule has 7 rings (SSSR count). The molecule has 3 aromatic heterocycles. The van der Waals surface area contributed by atoms with E-state index in [1.807, 2.05) is 70.3 Å². The summed E-state index contributed by atoms with van der Waals surface area (Å²) in [4.78, 5) is 16.5. The van der Waals surface area contributed by atoms with Crippen LogP contribution in [-0.4, -0.2) is 26.5 Å². The van der Waals surface area contributed by atoms with Gasteiger partial charge >= 0.3 is 6.18 Å². The molecule has 52 heavy (non-hydrogen) atoms. The summed E-state index contributed by atoms with van der Waals surface area (Å²) in [5, 5.41) is 17.0. The molecule has 1 N–H and O–H groups in total. The maximum absolute atomic E-state index is 13.6. The largest absolute Gasteiger partial charge is 0.512 e. The number of allylic oxidation sites excluding steroid dienone is 2.